The molecule has 0 aromatic rings. The number of aliphatic hydroxyl groups excluding tert-OH is 10. The van der Waals surface area contributed by atoms with E-state index in [1.54, 1.807) is 0 Å². The highest BCUT2D eigenvalue weighted by atomic mass is 31.2. The fourth-order valence-electron chi connectivity index (χ4n) is 12.7. The number of ether oxygens (including phenoxy) is 7. The van der Waals surface area contributed by atoms with Crippen LogP contribution in [0.4, 0.5) is 0 Å². The average molecular weight is 1400 g/mol. The Morgan fingerprint density at radius 3 is 1.02 bits per heavy atom. The lowest BCUT2D eigenvalue weighted by atomic mass is 9.84. The lowest BCUT2D eigenvalue weighted by Crippen LogP contribution is -2.69. The summed E-state index contributed by atoms with van der Waals surface area (Å²) in [5.74, 6) is -1.97. The summed E-state index contributed by atoms with van der Waals surface area (Å²) in [5.41, 5.74) is 0. The number of rotatable bonds is 59. The van der Waals surface area contributed by atoms with Gasteiger partial charge in [0.1, 0.15) is 98.7 Å². The molecule has 0 aromatic carbocycles. The van der Waals surface area contributed by atoms with Gasteiger partial charge in [0.15, 0.2) is 18.7 Å². The first-order valence-corrected chi connectivity index (χ1v) is 39.3. The number of phosphoric ester groups is 1. The van der Waals surface area contributed by atoms with Crippen molar-refractivity contribution in [2.75, 3.05) is 26.4 Å². The van der Waals surface area contributed by atoms with Gasteiger partial charge in [-0.05, 0) is 19.3 Å². The van der Waals surface area contributed by atoms with E-state index in [0.29, 0.717) is 19.3 Å². The number of carbonyl (C=O) groups excluding carboxylic acids is 3. The van der Waals surface area contributed by atoms with Crippen molar-refractivity contribution in [3.8, 4) is 0 Å². The van der Waals surface area contributed by atoms with Crippen molar-refractivity contribution in [1.29, 1.82) is 0 Å². The zero-order valence-electron chi connectivity index (χ0n) is 58.9. The number of hydrogen-bond donors (Lipinski definition) is 11. The molecule has 3 fully saturated rings. The highest BCUT2D eigenvalue weighted by Crippen LogP contribution is 2.49. The van der Waals surface area contributed by atoms with Gasteiger partial charge in [0.2, 0.25) is 0 Å². The Balaban J connectivity index is 1.74. The minimum Gasteiger partial charge on any atom is -0.463 e. The van der Waals surface area contributed by atoms with Crippen LogP contribution in [0.25, 0.3) is 0 Å². The predicted molar refractivity (Wildman–Crippen MR) is 361 cm³/mol. The van der Waals surface area contributed by atoms with Crippen molar-refractivity contribution < 1.29 is 117 Å². The third-order valence-electron chi connectivity index (χ3n) is 18.9. The van der Waals surface area contributed by atoms with Crippen LogP contribution in [0.1, 0.15) is 303 Å². The largest absolute Gasteiger partial charge is 0.472 e. The molecule has 3 aliphatic rings. The number of phosphoric acid groups is 1. The summed E-state index contributed by atoms with van der Waals surface area (Å²) in [4.78, 5) is 51.0. The Hall–Kier alpha value is -2.04. The van der Waals surface area contributed by atoms with Gasteiger partial charge < -0.3 is 89.1 Å². The van der Waals surface area contributed by atoms with Crippen molar-refractivity contribution in [3.05, 3.63) is 0 Å². The maximum absolute atomic E-state index is 14.3. The summed E-state index contributed by atoms with van der Waals surface area (Å²) in [7, 11) is -5.69. The lowest BCUT2D eigenvalue weighted by Gasteiger charge is -2.49. The molecule has 1 aliphatic carbocycles. The summed E-state index contributed by atoms with van der Waals surface area (Å²) >= 11 is 0. The number of carbonyl (C=O) groups is 3. The quantitative estimate of drug-likeness (QED) is 0.0117. The average Bonchev–Trinajstić information content (AvgIpc) is 0.765. The third kappa shape index (κ3) is 36.7. The van der Waals surface area contributed by atoms with Gasteiger partial charge in [0.25, 0.3) is 0 Å². The van der Waals surface area contributed by atoms with Gasteiger partial charge in [-0.2, -0.15) is 0 Å². The smallest absolute Gasteiger partial charge is 0.463 e. The van der Waals surface area contributed by atoms with Gasteiger partial charge in [-0.1, -0.05) is 265 Å². The van der Waals surface area contributed by atoms with Crippen molar-refractivity contribution in [2.24, 2.45) is 0 Å². The molecule has 25 heteroatoms. The molecule has 11 N–H and O–H groups in total. The van der Waals surface area contributed by atoms with E-state index in [4.69, 9.17) is 42.2 Å². The Morgan fingerprint density at radius 1 is 0.365 bits per heavy atom. The molecular weight excluding hydrogens is 1270 g/mol. The molecule has 96 heavy (non-hydrogen) atoms. The van der Waals surface area contributed by atoms with Gasteiger partial charge in [-0.3, -0.25) is 23.4 Å². The van der Waals surface area contributed by atoms with Gasteiger partial charge in [-0.15, -0.1) is 0 Å². The zero-order valence-corrected chi connectivity index (χ0v) is 59.8. The van der Waals surface area contributed by atoms with Crippen LogP contribution in [-0.4, -0.2) is 204 Å². The topological polar surface area (TPSA) is 374 Å². The number of unbranched alkanes of at least 4 members (excludes halogenated alkanes) is 38. The fourth-order valence-corrected chi connectivity index (χ4v) is 13.7. The van der Waals surface area contributed by atoms with Crippen molar-refractivity contribution >= 4 is 25.7 Å². The SMILES string of the molecule is CCCCCCCCCCCCCCCCCCC(=O)OC(COC(=O)CCCCCCCCCCCCCCC)COP(=O)(O)OC1C(OC2OC(CO)C(O)C(O)C2O)C(O)C(O)C(O)C1OC1OC(COC(=O)CCCCCCCCCCCCCC)C(O)C(O)C1O. The highest BCUT2D eigenvalue weighted by Gasteiger charge is 2.58. The van der Waals surface area contributed by atoms with E-state index in [1.807, 2.05) is 0 Å². The Morgan fingerprint density at radius 2 is 0.667 bits per heavy atom. The van der Waals surface area contributed by atoms with E-state index < -0.39 is 156 Å². The minimum absolute atomic E-state index is 0.0329. The molecule has 3 rings (SSSR count). The number of hydrogen-bond acceptors (Lipinski definition) is 23. The van der Waals surface area contributed by atoms with Crippen LogP contribution < -0.4 is 0 Å². The molecule has 2 aliphatic heterocycles. The molecular formula is C71H133O24P. The summed E-state index contributed by atoms with van der Waals surface area (Å²) in [6.07, 6.45) is 10.3. The second-order valence-corrected chi connectivity index (χ2v) is 28.8. The molecule has 1 saturated carbocycles. The molecule has 24 nitrogen and oxygen atoms in total. The van der Waals surface area contributed by atoms with Gasteiger partial charge >= 0.3 is 25.7 Å². The van der Waals surface area contributed by atoms with Crippen LogP contribution in [0.2, 0.25) is 0 Å². The lowest BCUT2D eigenvalue weighted by molar-refractivity contribution is -0.360. The first kappa shape index (κ1) is 88.2. The number of esters is 3. The van der Waals surface area contributed by atoms with E-state index in [1.165, 1.54) is 154 Å². The van der Waals surface area contributed by atoms with Crippen LogP contribution in [0, 0.1) is 0 Å². The van der Waals surface area contributed by atoms with E-state index in [9.17, 15) is 74.9 Å². The molecule has 566 valence electrons. The van der Waals surface area contributed by atoms with Crippen LogP contribution in [0.15, 0.2) is 0 Å². The normalized spacial score (nSPS) is 27.9. The monoisotopic (exact) mass is 1400 g/mol. The summed E-state index contributed by atoms with van der Waals surface area (Å²) in [5, 5.41) is 110. The molecule has 18 atom stereocenters. The van der Waals surface area contributed by atoms with Crippen LogP contribution in [0.3, 0.4) is 0 Å². The molecule has 18 unspecified atom stereocenters. The van der Waals surface area contributed by atoms with Crippen LogP contribution >= 0.6 is 7.82 Å². The van der Waals surface area contributed by atoms with E-state index in [0.717, 1.165) is 89.9 Å². The molecule has 2 saturated heterocycles. The zero-order chi connectivity index (χ0) is 70.4. The second kappa shape index (κ2) is 53.7. The molecule has 0 spiro atoms. The highest BCUT2D eigenvalue weighted by molar-refractivity contribution is 7.47. The van der Waals surface area contributed by atoms with Crippen LogP contribution in [-0.2, 0) is 61.2 Å². The van der Waals surface area contributed by atoms with Crippen molar-refractivity contribution in [2.45, 2.75) is 407 Å². The predicted octanol–water partition coefficient (Wildman–Crippen LogP) is 10.2. The molecule has 0 amide bonds. The van der Waals surface area contributed by atoms with E-state index in [2.05, 4.69) is 20.8 Å². The molecule has 2 heterocycles. The van der Waals surface area contributed by atoms with E-state index >= 15 is 0 Å². The van der Waals surface area contributed by atoms with Gasteiger partial charge in [0, 0.05) is 19.3 Å². The maximum atomic E-state index is 14.3. The third-order valence-corrected chi connectivity index (χ3v) is 19.9. The summed E-state index contributed by atoms with van der Waals surface area (Å²) < 4.78 is 65.0. The van der Waals surface area contributed by atoms with Crippen molar-refractivity contribution in [1.82, 2.24) is 0 Å². The number of aliphatic hydroxyl groups is 10. The Kier molecular flexibility index (Phi) is 49.4. The first-order chi connectivity index (χ1) is 46.3. The van der Waals surface area contributed by atoms with E-state index in [-0.39, 0.29) is 19.3 Å². The summed E-state index contributed by atoms with van der Waals surface area (Å²) in [6.45, 7) is 3.46. The molecule has 0 radical (unpaired) electrons. The Bertz CT molecular complexity index is 1990. The fraction of sp³-hybridized carbons (Fsp3) is 0.958. The first-order valence-electron chi connectivity index (χ1n) is 37.8. The maximum Gasteiger partial charge on any atom is 0.472 e. The van der Waals surface area contributed by atoms with Gasteiger partial charge in [-0.25, -0.2) is 4.57 Å². The standard InChI is InChI=1S/C71H133O24P/c1-4-7-10-13-16-19-22-25-26-27-29-32-35-38-41-44-47-57(75)90-52(49-87-55(73)45-42-39-36-34-31-28-23-20-17-14-11-8-5-2)50-89-96(85,86)95-69-67(93-70-65(83)60(78)58(76)53(48-72)91-70)63(81)62(80)64(82)68(69)94-71-66(84)61(79)59(77)54(92-71)51-88-56(74)46-43-40-37-33-30-24-21-18-15-12-9-6-3/h52-54,58-72,76-84H,4-51H2,1-3H3,(H,85,86). The van der Waals surface area contributed by atoms with Crippen LogP contribution in [0.5, 0.6) is 0 Å². The Labute approximate surface area is 574 Å². The van der Waals surface area contributed by atoms with Crippen molar-refractivity contribution in [3.63, 3.8) is 0 Å². The second-order valence-electron chi connectivity index (χ2n) is 27.4. The van der Waals surface area contributed by atoms with Gasteiger partial charge in [0.05, 0.1) is 13.2 Å². The molecule has 0 bridgehead atoms. The minimum atomic E-state index is -5.69. The molecule has 0 aromatic heterocycles. The summed E-state index contributed by atoms with van der Waals surface area (Å²) in [6, 6.07) is 0.